The van der Waals surface area contributed by atoms with E-state index in [0.717, 1.165) is 16.9 Å². The van der Waals surface area contributed by atoms with Gasteiger partial charge in [0.15, 0.2) is 0 Å². The number of carbonyl (C=O) groups is 1. The van der Waals surface area contributed by atoms with Gasteiger partial charge in [0.2, 0.25) is 0 Å². The van der Waals surface area contributed by atoms with Gasteiger partial charge in [0, 0.05) is 6.04 Å². The van der Waals surface area contributed by atoms with Crippen molar-refractivity contribution in [2.45, 2.75) is 38.8 Å². The van der Waals surface area contributed by atoms with E-state index in [1.165, 1.54) is 7.11 Å². The lowest BCUT2D eigenvalue weighted by Crippen LogP contribution is -2.49. The quantitative estimate of drug-likeness (QED) is 0.859. The first-order chi connectivity index (χ1) is 9.92. The summed E-state index contributed by atoms with van der Waals surface area (Å²) in [5.74, 6) is 0.700. The minimum atomic E-state index is -0.716. The Morgan fingerprint density at radius 1 is 1.48 bits per heavy atom. The Morgan fingerprint density at radius 2 is 2.14 bits per heavy atom. The molecule has 2 aromatic rings. The lowest BCUT2D eigenvalue weighted by molar-refractivity contribution is -0.148. The summed E-state index contributed by atoms with van der Waals surface area (Å²) >= 11 is 0. The van der Waals surface area contributed by atoms with Gasteiger partial charge in [-0.3, -0.25) is 4.79 Å². The van der Waals surface area contributed by atoms with Crippen LogP contribution in [0.2, 0.25) is 0 Å². The van der Waals surface area contributed by atoms with Crippen molar-refractivity contribution < 1.29 is 9.53 Å². The molecule has 0 saturated carbocycles. The Bertz CT molecular complexity index is 650. The number of aryl methyl sites for hydroxylation is 1. The van der Waals surface area contributed by atoms with Crippen LogP contribution in [0.5, 0.6) is 0 Å². The molecule has 0 saturated heterocycles. The normalized spacial score (nSPS) is 15.7. The van der Waals surface area contributed by atoms with Gasteiger partial charge in [-0.1, -0.05) is 12.1 Å². The molecule has 5 nitrogen and oxygen atoms in total. The van der Waals surface area contributed by atoms with E-state index in [0.29, 0.717) is 6.42 Å². The highest BCUT2D eigenvalue weighted by molar-refractivity contribution is 5.80. The lowest BCUT2D eigenvalue weighted by atomic mass is 9.93. The molecule has 1 N–H and O–H groups in total. The molecule has 2 rings (SSSR count). The predicted molar refractivity (Wildman–Crippen MR) is 83.3 cm³/mol. The largest absolute Gasteiger partial charge is 0.468 e. The number of nitrogens with zero attached hydrogens (tertiary/aromatic N) is 2. The van der Waals surface area contributed by atoms with E-state index in [1.54, 1.807) is 7.05 Å². The number of nitrogens with one attached hydrogen (secondary N) is 1. The number of hydrogen-bond donors (Lipinski definition) is 1. The molecule has 0 aliphatic heterocycles. The van der Waals surface area contributed by atoms with Crippen molar-refractivity contribution in [1.29, 1.82) is 0 Å². The fraction of sp³-hybridized carbons (Fsp3) is 0.500. The number of hydrogen-bond acceptors (Lipinski definition) is 4. The van der Waals surface area contributed by atoms with Crippen molar-refractivity contribution in [3.8, 4) is 0 Å². The number of rotatable bonds is 5. The highest BCUT2D eigenvalue weighted by atomic mass is 16.5. The Kier molecular flexibility index (Phi) is 4.32. The number of carbonyl (C=O) groups excluding carboxylic acids is 1. The van der Waals surface area contributed by atoms with Crippen LogP contribution < -0.4 is 5.32 Å². The van der Waals surface area contributed by atoms with Crippen LogP contribution in [0.1, 0.15) is 32.1 Å². The fourth-order valence-corrected chi connectivity index (χ4v) is 2.92. The number of esters is 1. The zero-order chi connectivity index (χ0) is 15.6. The Hall–Kier alpha value is -1.88. The second-order valence-corrected chi connectivity index (χ2v) is 5.64. The maximum Gasteiger partial charge on any atom is 0.325 e. The van der Waals surface area contributed by atoms with Gasteiger partial charge in [0.05, 0.1) is 18.1 Å². The maximum atomic E-state index is 12.0. The highest BCUT2D eigenvalue weighted by Gasteiger charge is 2.35. The maximum absolute atomic E-state index is 12.0. The monoisotopic (exact) mass is 289 g/mol. The summed E-state index contributed by atoms with van der Waals surface area (Å²) in [6.07, 6.45) is 0.622. The molecule has 2 atom stereocenters. The number of ether oxygens (including phenoxy) is 1. The minimum absolute atomic E-state index is 0.119. The number of para-hydroxylation sites is 2. The minimum Gasteiger partial charge on any atom is -0.468 e. The SMILES string of the molecule is CNC(C)(CC(C)n1c(C)nc2ccccc21)C(=O)OC. The van der Waals surface area contributed by atoms with E-state index >= 15 is 0 Å². The molecule has 5 heteroatoms. The smallest absolute Gasteiger partial charge is 0.325 e. The summed E-state index contributed by atoms with van der Waals surface area (Å²) in [7, 11) is 3.20. The zero-order valence-electron chi connectivity index (χ0n) is 13.3. The van der Waals surface area contributed by atoms with Crippen LogP contribution >= 0.6 is 0 Å². The summed E-state index contributed by atoms with van der Waals surface area (Å²) in [5.41, 5.74) is 1.35. The van der Waals surface area contributed by atoms with E-state index in [-0.39, 0.29) is 12.0 Å². The number of methoxy groups -OCH3 is 1. The molecule has 1 aromatic heterocycles. The first-order valence-electron chi connectivity index (χ1n) is 7.14. The molecule has 0 spiro atoms. The van der Waals surface area contributed by atoms with Gasteiger partial charge in [-0.15, -0.1) is 0 Å². The van der Waals surface area contributed by atoms with Crippen molar-refractivity contribution in [2.24, 2.45) is 0 Å². The van der Waals surface area contributed by atoms with Crippen LogP contribution in [0.3, 0.4) is 0 Å². The van der Waals surface area contributed by atoms with Crippen LogP contribution in [-0.4, -0.2) is 35.2 Å². The summed E-state index contributed by atoms with van der Waals surface area (Å²) < 4.78 is 7.09. The molecule has 0 fully saturated rings. The molecular formula is C16H23N3O2. The van der Waals surface area contributed by atoms with Crippen LogP contribution in [0, 0.1) is 6.92 Å². The molecule has 114 valence electrons. The number of fused-ring (bicyclic) bond motifs is 1. The standard InChI is InChI=1S/C16H23N3O2/c1-11(10-16(3,17-4)15(20)21-5)19-12(2)18-13-8-6-7-9-14(13)19/h6-9,11,17H,10H2,1-5H3. The predicted octanol–water partition coefficient (Wildman–Crippen LogP) is 2.45. The molecule has 1 heterocycles. The van der Waals surface area contributed by atoms with E-state index < -0.39 is 5.54 Å². The Labute approximate surface area is 125 Å². The molecule has 0 amide bonds. The first kappa shape index (κ1) is 15.5. The topological polar surface area (TPSA) is 56.2 Å². The van der Waals surface area contributed by atoms with Crippen LogP contribution in [0.25, 0.3) is 11.0 Å². The summed E-state index contributed by atoms with van der Waals surface area (Å²) in [4.78, 5) is 16.6. The fourth-order valence-electron chi connectivity index (χ4n) is 2.92. The van der Waals surface area contributed by atoms with Crippen molar-refractivity contribution in [1.82, 2.24) is 14.9 Å². The molecule has 0 bridgehead atoms. The van der Waals surface area contributed by atoms with E-state index in [4.69, 9.17) is 4.74 Å². The van der Waals surface area contributed by atoms with Crippen LogP contribution in [0.4, 0.5) is 0 Å². The van der Waals surface area contributed by atoms with Gasteiger partial charge in [0.25, 0.3) is 0 Å². The number of imidazole rings is 1. The molecular weight excluding hydrogens is 266 g/mol. The van der Waals surface area contributed by atoms with E-state index in [2.05, 4.69) is 27.9 Å². The third kappa shape index (κ3) is 2.78. The van der Waals surface area contributed by atoms with E-state index in [1.807, 2.05) is 32.0 Å². The third-order valence-electron chi connectivity index (χ3n) is 4.10. The zero-order valence-corrected chi connectivity index (χ0v) is 13.3. The van der Waals surface area contributed by atoms with Gasteiger partial charge < -0.3 is 14.6 Å². The van der Waals surface area contributed by atoms with Gasteiger partial charge >= 0.3 is 5.97 Å². The number of aromatic nitrogens is 2. The van der Waals surface area contributed by atoms with Crippen LogP contribution in [-0.2, 0) is 9.53 Å². The molecule has 0 aliphatic carbocycles. The van der Waals surface area contributed by atoms with Gasteiger partial charge in [0.1, 0.15) is 11.4 Å². The average molecular weight is 289 g/mol. The van der Waals surface area contributed by atoms with Gasteiger partial charge in [-0.25, -0.2) is 4.98 Å². The van der Waals surface area contributed by atoms with E-state index in [9.17, 15) is 4.79 Å². The average Bonchev–Trinajstić information content (AvgIpc) is 2.81. The van der Waals surface area contributed by atoms with Gasteiger partial charge in [-0.2, -0.15) is 0 Å². The third-order valence-corrected chi connectivity index (χ3v) is 4.10. The second-order valence-electron chi connectivity index (χ2n) is 5.64. The summed E-state index contributed by atoms with van der Waals surface area (Å²) in [5, 5.41) is 3.08. The second kappa shape index (κ2) is 5.85. The van der Waals surface area contributed by atoms with Crippen molar-refractivity contribution in [3.63, 3.8) is 0 Å². The number of benzene rings is 1. The van der Waals surface area contributed by atoms with Gasteiger partial charge in [-0.05, 0) is 46.4 Å². The van der Waals surface area contributed by atoms with Crippen molar-refractivity contribution >= 4 is 17.0 Å². The highest BCUT2D eigenvalue weighted by Crippen LogP contribution is 2.27. The molecule has 21 heavy (non-hydrogen) atoms. The van der Waals surface area contributed by atoms with Crippen LogP contribution in [0.15, 0.2) is 24.3 Å². The number of likely N-dealkylation sites (N-methyl/N-ethyl adjacent to an activating group) is 1. The molecule has 1 aromatic carbocycles. The summed E-state index contributed by atoms with van der Waals surface area (Å²) in [6, 6.07) is 8.17. The van der Waals surface area contributed by atoms with Crippen molar-refractivity contribution in [2.75, 3.05) is 14.2 Å². The molecule has 0 radical (unpaired) electrons. The molecule has 2 unspecified atom stereocenters. The lowest BCUT2D eigenvalue weighted by Gasteiger charge is -2.30. The first-order valence-corrected chi connectivity index (χ1v) is 7.14. The molecule has 0 aliphatic rings. The Morgan fingerprint density at radius 3 is 2.76 bits per heavy atom. The van der Waals surface area contributed by atoms with Crippen molar-refractivity contribution in [3.05, 3.63) is 30.1 Å². The Balaban J connectivity index is 2.36. The summed E-state index contributed by atoms with van der Waals surface area (Å²) in [6.45, 7) is 5.95.